The molecular formula is C19H14N4O3. The molecule has 1 heterocycles. The standard InChI is InChI=1S/C19H14N4O3/c20-9-12-4-3-5-13(8-12)23-17(24)11-22-19(26)15-10-21-16-7-2-1-6-14(16)18(15)25/h1-8,10H,11H2,(H,21,25)(H,22,26)(H,23,24). The fourth-order valence-electron chi connectivity index (χ4n) is 2.46. The van der Waals surface area contributed by atoms with E-state index in [1.165, 1.54) is 12.3 Å². The van der Waals surface area contributed by atoms with Gasteiger partial charge < -0.3 is 15.6 Å². The van der Waals surface area contributed by atoms with Crippen LogP contribution in [-0.4, -0.2) is 23.3 Å². The van der Waals surface area contributed by atoms with E-state index in [4.69, 9.17) is 5.26 Å². The maximum atomic E-state index is 12.4. The summed E-state index contributed by atoms with van der Waals surface area (Å²) in [6.07, 6.45) is 1.33. The van der Waals surface area contributed by atoms with Crippen LogP contribution >= 0.6 is 0 Å². The zero-order valence-electron chi connectivity index (χ0n) is 13.6. The minimum atomic E-state index is -0.641. The van der Waals surface area contributed by atoms with Gasteiger partial charge in [0.2, 0.25) is 11.3 Å². The minimum absolute atomic E-state index is 0.0667. The number of carbonyl (C=O) groups excluding carboxylic acids is 2. The molecule has 0 aliphatic heterocycles. The van der Waals surface area contributed by atoms with Crippen LogP contribution in [-0.2, 0) is 4.79 Å². The summed E-state index contributed by atoms with van der Waals surface area (Å²) in [7, 11) is 0. The molecule has 3 N–H and O–H groups in total. The first-order chi connectivity index (χ1) is 12.6. The van der Waals surface area contributed by atoms with Crippen LogP contribution in [0, 0.1) is 11.3 Å². The molecule has 0 aliphatic carbocycles. The van der Waals surface area contributed by atoms with Gasteiger partial charge in [0.15, 0.2) is 0 Å². The Morgan fingerprint density at radius 3 is 2.73 bits per heavy atom. The molecule has 0 atom stereocenters. The summed E-state index contributed by atoms with van der Waals surface area (Å²) in [5.41, 5.74) is 1.02. The Kier molecular flexibility index (Phi) is 4.76. The molecule has 0 saturated carbocycles. The molecule has 2 amide bonds. The number of amides is 2. The van der Waals surface area contributed by atoms with Crippen molar-refractivity contribution in [3.8, 4) is 6.07 Å². The van der Waals surface area contributed by atoms with Crippen LogP contribution in [0.25, 0.3) is 10.9 Å². The van der Waals surface area contributed by atoms with Gasteiger partial charge in [-0.25, -0.2) is 0 Å². The number of benzene rings is 2. The van der Waals surface area contributed by atoms with E-state index in [1.807, 2.05) is 6.07 Å². The van der Waals surface area contributed by atoms with Crippen LogP contribution < -0.4 is 16.1 Å². The number of para-hydroxylation sites is 1. The van der Waals surface area contributed by atoms with Gasteiger partial charge in [-0.2, -0.15) is 5.26 Å². The van der Waals surface area contributed by atoms with Crippen molar-refractivity contribution in [3.63, 3.8) is 0 Å². The number of nitrogens with zero attached hydrogens (tertiary/aromatic N) is 1. The first-order valence-corrected chi connectivity index (χ1v) is 7.77. The number of carbonyl (C=O) groups is 2. The largest absolute Gasteiger partial charge is 0.360 e. The van der Waals surface area contributed by atoms with Crippen LogP contribution in [0.5, 0.6) is 0 Å². The van der Waals surface area contributed by atoms with E-state index in [0.717, 1.165) is 0 Å². The topological polar surface area (TPSA) is 115 Å². The number of nitrogens with one attached hydrogen (secondary N) is 3. The van der Waals surface area contributed by atoms with Crippen LogP contribution in [0.1, 0.15) is 15.9 Å². The molecule has 7 nitrogen and oxygen atoms in total. The quantitative estimate of drug-likeness (QED) is 0.668. The van der Waals surface area contributed by atoms with E-state index in [9.17, 15) is 14.4 Å². The van der Waals surface area contributed by atoms with Crippen LogP contribution in [0.3, 0.4) is 0 Å². The van der Waals surface area contributed by atoms with E-state index >= 15 is 0 Å². The fourth-order valence-corrected chi connectivity index (χ4v) is 2.46. The summed E-state index contributed by atoms with van der Waals surface area (Å²) in [5, 5.41) is 14.2. The van der Waals surface area contributed by atoms with Crippen molar-refractivity contribution in [2.24, 2.45) is 0 Å². The number of nitriles is 1. The monoisotopic (exact) mass is 346 g/mol. The lowest BCUT2D eigenvalue weighted by Crippen LogP contribution is -2.35. The van der Waals surface area contributed by atoms with Crippen molar-refractivity contribution >= 4 is 28.4 Å². The number of H-pyrrole nitrogens is 1. The van der Waals surface area contributed by atoms with Gasteiger partial charge in [0.1, 0.15) is 5.56 Å². The van der Waals surface area contributed by atoms with Crippen molar-refractivity contribution in [1.29, 1.82) is 5.26 Å². The molecule has 128 valence electrons. The highest BCUT2D eigenvalue weighted by molar-refractivity contribution is 6.00. The highest BCUT2D eigenvalue weighted by Crippen LogP contribution is 2.09. The van der Waals surface area contributed by atoms with E-state index in [2.05, 4.69) is 15.6 Å². The molecule has 0 fully saturated rings. The Hall–Kier alpha value is -3.92. The molecule has 0 spiro atoms. The first kappa shape index (κ1) is 16.9. The highest BCUT2D eigenvalue weighted by Gasteiger charge is 2.14. The molecule has 0 bridgehead atoms. The van der Waals surface area contributed by atoms with Gasteiger partial charge in [-0.3, -0.25) is 14.4 Å². The summed E-state index contributed by atoms with van der Waals surface area (Å²) < 4.78 is 0. The SMILES string of the molecule is N#Cc1cccc(NC(=O)CNC(=O)c2c[nH]c3ccccc3c2=O)c1. The fraction of sp³-hybridized carbons (Fsp3) is 0.0526. The van der Waals surface area contributed by atoms with Gasteiger partial charge in [-0.15, -0.1) is 0 Å². The molecule has 7 heteroatoms. The molecule has 1 aromatic heterocycles. The van der Waals surface area contributed by atoms with E-state index < -0.39 is 17.2 Å². The van der Waals surface area contributed by atoms with Gasteiger partial charge in [-0.1, -0.05) is 18.2 Å². The summed E-state index contributed by atoms with van der Waals surface area (Å²) in [4.78, 5) is 39.4. The normalized spacial score (nSPS) is 10.1. The van der Waals surface area contributed by atoms with Crippen molar-refractivity contribution < 1.29 is 9.59 Å². The number of hydrogen-bond acceptors (Lipinski definition) is 4. The molecule has 0 radical (unpaired) electrons. The average Bonchev–Trinajstić information content (AvgIpc) is 2.67. The van der Waals surface area contributed by atoms with Crippen molar-refractivity contribution in [2.75, 3.05) is 11.9 Å². The minimum Gasteiger partial charge on any atom is -0.360 e. The lowest BCUT2D eigenvalue weighted by atomic mass is 10.1. The Labute approximate surface area is 148 Å². The summed E-state index contributed by atoms with van der Waals surface area (Å²) >= 11 is 0. The van der Waals surface area contributed by atoms with Crippen molar-refractivity contribution in [2.45, 2.75) is 0 Å². The predicted molar refractivity (Wildman–Crippen MR) is 96.7 cm³/mol. The summed E-state index contributed by atoms with van der Waals surface area (Å²) in [5.74, 6) is -1.11. The molecule has 3 rings (SSSR count). The number of aromatic amines is 1. The summed E-state index contributed by atoms with van der Waals surface area (Å²) in [6, 6.07) is 15.2. The maximum absolute atomic E-state index is 12.4. The number of fused-ring (bicyclic) bond motifs is 1. The zero-order chi connectivity index (χ0) is 18.5. The highest BCUT2D eigenvalue weighted by atomic mass is 16.2. The molecule has 0 aliphatic rings. The third kappa shape index (κ3) is 3.60. The van der Waals surface area contributed by atoms with Crippen LogP contribution in [0.15, 0.2) is 59.5 Å². The second-order valence-electron chi connectivity index (χ2n) is 5.50. The maximum Gasteiger partial charge on any atom is 0.257 e. The summed E-state index contributed by atoms with van der Waals surface area (Å²) in [6.45, 7) is -0.304. The van der Waals surface area contributed by atoms with Gasteiger partial charge in [0, 0.05) is 22.8 Å². The van der Waals surface area contributed by atoms with Gasteiger partial charge >= 0.3 is 0 Å². The number of hydrogen-bond donors (Lipinski definition) is 3. The number of aromatic nitrogens is 1. The number of pyridine rings is 1. The zero-order valence-corrected chi connectivity index (χ0v) is 13.6. The Morgan fingerprint density at radius 1 is 1.12 bits per heavy atom. The lowest BCUT2D eigenvalue weighted by molar-refractivity contribution is -0.115. The molecule has 26 heavy (non-hydrogen) atoms. The molecule has 2 aromatic carbocycles. The third-order valence-corrected chi connectivity index (χ3v) is 3.72. The molecule has 0 unspecified atom stereocenters. The third-order valence-electron chi connectivity index (χ3n) is 3.72. The Bertz CT molecular complexity index is 1100. The van der Waals surface area contributed by atoms with Gasteiger partial charge in [0.25, 0.3) is 5.91 Å². The van der Waals surface area contributed by atoms with Crippen molar-refractivity contribution in [3.05, 3.63) is 76.1 Å². The predicted octanol–water partition coefficient (Wildman–Crippen LogP) is 1.77. The Balaban J connectivity index is 1.67. The number of rotatable bonds is 4. The number of anilines is 1. The van der Waals surface area contributed by atoms with E-state index in [-0.39, 0.29) is 12.1 Å². The van der Waals surface area contributed by atoms with E-state index in [0.29, 0.717) is 22.2 Å². The average molecular weight is 346 g/mol. The first-order valence-electron chi connectivity index (χ1n) is 7.77. The lowest BCUT2D eigenvalue weighted by Gasteiger charge is -2.07. The smallest absolute Gasteiger partial charge is 0.257 e. The molecule has 0 saturated heterocycles. The second-order valence-corrected chi connectivity index (χ2v) is 5.50. The van der Waals surface area contributed by atoms with Gasteiger partial charge in [0.05, 0.1) is 18.2 Å². The van der Waals surface area contributed by atoms with Crippen LogP contribution in [0.4, 0.5) is 5.69 Å². The second kappa shape index (κ2) is 7.32. The Morgan fingerprint density at radius 2 is 1.92 bits per heavy atom. The molecule has 3 aromatic rings. The molecular weight excluding hydrogens is 332 g/mol. The van der Waals surface area contributed by atoms with Crippen LogP contribution in [0.2, 0.25) is 0 Å². The van der Waals surface area contributed by atoms with Crippen molar-refractivity contribution in [1.82, 2.24) is 10.3 Å². The van der Waals surface area contributed by atoms with E-state index in [1.54, 1.807) is 42.5 Å². The van der Waals surface area contributed by atoms with Gasteiger partial charge in [-0.05, 0) is 30.3 Å².